The van der Waals surface area contributed by atoms with Crippen molar-refractivity contribution in [2.45, 2.75) is 0 Å². The van der Waals surface area contributed by atoms with Crippen LogP contribution >= 0.6 is 0 Å². The number of aliphatic carboxylic acids is 1. The minimum absolute atomic E-state index is 0.301. The van der Waals surface area contributed by atoms with Gasteiger partial charge in [0.2, 0.25) is 0 Å². The van der Waals surface area contributed by atoms with Gasteiger partial charge in [0.1, 0.15) is 20.1 Å². The maximum Gasteiger partial charge on any atom is 0.322 e. The molecule has 0 atom stereocenters. The third-order valence-electron chi connectivity index (χ3n) is 2.98. The number of carboxylic acid groups (broad SMARTS) is 1. The van der Waals surface area contributed by atoms with E-state index in [9.17, 15) is 14.7 Å². The molecule has 1 heterocycles. The molecule has 0 spiro atoms. The van der Waals surface area contributed by atoms with Crippen LogP contribution < -0.4 is 10.8 Å². The van der Waals surface area contributed by atoms with Crippen LogP contribution in [0.5, 0.6) is 5.75 Å². The molecule has 1 aromatic heterocycles. The van der Waals surface area contributed by atoms with Gasteiger partial charge >= 0.3 is 5.97 Å². The predicted octanol–water partition coefficient (Wildman–Crippen LogP) is -0.0659. The Bertz CT molecular complexity index is 830. The van der Waals surface area contributed by atoms with Crippen LogP contribution in [0.4, 0.5) is 0 Å². The average Bonchev–Trinajstić information content (AvgIpc) is 2.53. The number of carbonyl (C=O) groups excluding carboxylic acids is 1. The second-order valence-corrected chi connectivity index (χ2v) is 4.58. The highest BCUT2D eigenvalue weighted by Crippen LogP contribution is 2.24. The first-order valence-electron chi connectivity index (χ1n) is 6.41. The summed E-state index contributed by atoms with van der Waals surface area (Å²) in [5.74, 6) is -2.45. The van der Waals surface area contributed by atoms with Crippen molar-refractivity contribution >= 4 is 25.2 Å². The van der Waals surface area contributed by atoms with E-state index in [1.54, 1.807) is 12.1 Å². The fourth-order valence-electron chi connectivity index (χ4n) is 1.89. The third-order valence-corrected chi connectivity index (χ3v) is 2.98. The highest BCUT2D eigenvalue weighted by atomic mass is 16.4. The average molecular weight is 307 g/mol. The molecule has 0 saturated carbocycles. The number of benzene rings is 1. The van der Waals surface area contributed by atoms with E-state index in [0.717, 1.165) is 0 Å². The molecule has 7 nitrogen and oxygen atoms in total. The van der Waals surface area contributed by atoms with Crippen molar-refractivity contribution in [2.24, 2.45) is 0 Å². The standard InChI is InChI=1S/C15H10BN3O4/c16-11-2-1-8(5-17)3-10(11)9-4-12(20)14(18-6-9)15(23)19-7-13(21)22/h1-4,6,20H,7H2,(H,19,23)(H,21,22). The SMILES string of the molecule is [B]c1ccc(C#N)cc1-c1cnc(C(=O)NCC(=O)O)c(O)c1. The van der Waals surface area contributed by atoms with Crippen LogP contribution in [0.3, 0.4) is 0 Å². The van der Waals surface area contributed by atoms with Gasteiger partial charge in [0.15, 0.2) is 5.69 Å². The van der Waals surface area contributed by atoms with E-state index < -0.39 is 24.2 Å². The number of rotatable bonds is 4. The molecule has 0 aliphatic carbocycles. The molecule has 3 N–H and O–H groups in total. The van der Waals surface area contributed by atoms with E-state index in [-0.39, 0.29) is 5.69 Å². The summed E-state index contributed by atoms with van der Waals surface area (Å²) in [4.78, 5) is 26.0. The summed E-state index contributed by atoms with van der Waals surface area (Å²) >= 11 is 0. The number of hydrogen-bond acceptors (Lipinski definition) is 5. The number of aromatic hydroxyl groups is 1. The van der Waals surface area contributed by atoms with Gasteiger partial charge in [0.05, 0.1) is 11.6 Å². The summed E-state index contributed by atoms with van der Waals surface area (Å²) in [6.07, 6.45) is 1.31. The maximum absolute atomic E-state index is 11.7. The Morgan fingerprint density at radius 3 is 2.70 bits per heavy atom. The molecular weight excluding hydrogens is 297 g/mol. The maximum atomic E-state index is 11.7. The van der Waals surface area contributed by atoms with Gasteiger partial charge in [-0.15, -0.1) is 0 Å². The van der Waals surface area contributed by atoms with Gasteiger partial charge < -0.3 is 15.5 Å². The minimum atomic E-state index is -1.21. The first-order valence-corrected chi connectivity index (χ1v) is 6.41. The Morgan fingerprint density at radius 2 is 2.09 bits per heavy atom. The molecule has 2 aromatic rings. The Hall–Kier alpha value is -3.34. The Morgan fingerprint density at radius 1 is 1.35 bits per heavy atom. The van der Waals surface area contributed by atoms with Gasteiger partial charge in [0, 0.05) is 11.8 Å². The number of aromatic nitrogens is 1. The molecule has 0 bridgehead atoms. The van der Waals surface area contributed by atoms with Crippen molar-refractivity contribution < 1.29 is 19.8 Å². The lowest BCUT2D eigenvalue weighted by atomic mass is 9.86. The van der Waals surface area contributed by atoms with Crippen LogP contribution in [0.15, 0.2) is 30.5 Å². The quantitative estimate of drug-likeness (QED) is 0.680. The number of amides is 1. The van der Waals surface area contributed by atoms with Gasteiger partial charge in [-0.25, -0.2) is 4.98 Å². The fourth-order valence-corrected chi connectivity index (χ4v) is 1.89. The largest absolute Gasteiger partial charge is 0.505 e. The Labute approximate surface area is 132 Å². The van der Waals surface area contributed by atoms with E-state index >= 15 is 0 Å². The van der Waals surface area contributed by atoms with Crippen molar-refractivity contribution in [3.8, 4) is 22.9 Å². The van der Waals surface area contributed by atoms with E-state index in [4.69, 9.17) is 18.2 Å². The monoisotopic (exact) mass is 307 g/mol. The lowest BCUT2D eigenvalue weighted by Gasteiger charge is -2.09. The smallest absolute Gasteiger partial charge is 0.322 e. The van der Waals surface area contributed by atoms with Crippen LogP contribution in [-0.2, 0) is 4.79 Å². The highest BCUT2D eigenvalue weighted by Gasteiger charge is 2.15. The number of nitrogens with zero attached hydrogens (tertiary/aromatic N) is 2. The van der Waals surface area contributed by atoms with Crippen molar-refractivity contribution in [3.63, 3.8) is 0 Å². The molecule has 112 valence electrons. The number of carbonyl (C=O) groups is 2. The van der Waals surface area contributed by atoms with E-state index in [1.165, 1.54) is 18.3 Å². The lowest BCUT2D eigenvalue weighted by Crippen LogP contribution is -2.29. The Balaban J connectivity index is 2.35. The first kappa shape index (κ1) is 16.0. The fraction of sp³-hybridized carbons (Fsp3) is 0.0667. The molecule has 23 heavy (non-hydrogen) atoms. The predicted molar refractivity (Wildman–Crippen MR) is 81.4 cm³/mol. The second kappa shape index (κ2) is 6.62. The van der Waals surface area contributed by atoms with Gasteiger partial charge in [-0.3, -0.25) is 9.59 Å². The number of nitrogens with one attached hydrogen (secondary N) is 1. The molecule has 1 aromatic carbocycles. The molecule has 0 fully saturated rings. The number of pyridine rings is 1. The molecular formula is C15H10BN3O4. The first-order chi connectivity index (χ1) is 10.9. The van der Waals surface area contributed by atoms with E-state index in [2.05, 4.69) is 10.3 Å². The van der Waals surface area contributed by atoms with E-state index in [0.29, 0.717) is 22.2 Å². The summed E-state index contributed by atoms with van der Waals surface area (Å²) in [7, 11) is 5.84. The van der Waals surface area contributed by atoms with Crippen LogP contribution in [0.2, 0.25) is 0 Å². The zero-order chi connectivity index (χ0) is 17.0. The second-order valence-electron chi connectivity index (χ2n) is 4.58. The van der Waals surface area contributed by atoms with Gasteiger partial charge in [-0.1, -0.05) is 11.5 Å². The normalized spacial score (nSPS) is 9.87. The molecule has 1 amide bonds. The summed E-state index contributed by atoms with van der Waals surface area (Å²) in [5.41, 5.74) is 1.38. The third kappa shape index (κ3) is 3.65. The van der Waals surface area contributed by atoms with Crippen LogP contribution in [-0.4, -0.2) is 41.5 Å². The van der Waals surface area contributed by atoms with E-state index in [1.807, 2.05) is 6.07 Å². The molecule has 8 heteroatoms. The summed E-state index contributed by atoms with van der Waals surface area (Å²) in [5, 5.41) is 29.5. The van der Waals surface area contributed by atoms with Gasteiger partial charge in [-0.05, 0) is 23.8 Å². The van der Waals surface area contributed by atoms with Crippen molar-refractivity contribution in [3.05, 3.63) is 41.7 Å². The molecule has 2 radical (unpaired) electrons. The highest BCUT2D eigenvalue weighted by molar-refractivity contribution is 6.36. The Kier molecular flexibility index (Phi) is 4.62. The summed E-state index contributed by atoms with van der Waals surface area (Å²) in [6.45, 7) is -0.584. The zero-order valence-corrected chi connectivity index (χ0v) is 11.8. The zero-order valence-electron chi connectivity index (χ0n) is 11.8. The summed E-state index contributed by atoms with van der Waals surface area (Å²) < 4.78 is 0. The van der Waals surface area contributed by atoms with Gasteiger partial charge in [0.25, 0.3) is 5.91 Å². The van der Waals surface area contributed by atoms with Crippen molar-refractivity contribution in [1.29, 1.82) is 5.26 Å². The van der Waals surface area contributed by atoms with Crippen LogP contribution in [0, 0.1) is 11.3 Å². The van der Waals surface area contributed by atoms with Crippen molar-refractivity contribution in [1.82, 2.24) is 10.3 Å². The summed E-state index contributed by atoms with van der Waals surface area (Å²) in [6, 6.07) is 7.90. The number of nitriles is 1. The topological polar surface area (TPSA) is 123 Å². The number of hydrogen-bond donors (Lipinski definition) is 3. The molecule has 0 aliphatic rings. The minimum Gasteiger partial charge on any atom is -0.505 e. The molecule has 0 saturated heterocycles. The van der Waals surface area contributed by atoms with Crippen LogP contribution in [0.25, 0.3) is 11.1 Å². The van der Waals surface area contributed by atoms with Gasteiger partial charge in [-0.2, -0.15) is 5.26 Å². The van der Waals surface area contributed by atoms with Crippen LogP contribution in [0.1, 0.15) is 16.1 Å². The molecule has 0 unspecified atom stereocenters. The lowest BCUT2D eigenvalue weighted by molar-refractivity contribution is -0.135. The van der Waals surface area contributed by atoms with Crippen molar-refractivity contribution in [2.75, 3.05) is 6.54 Å². The molecule has 2 rings (SSSR count). The number of carboxylic acids is 1. The molecule has 0 aliphatic heterocycles.